The third-order valence-corrected chi connectivity index (χ3v) is 4.35. The predicted molar refractivity (Wildman–Crippen MR) is 86.0 cm³/mol. The van der Waals surface area contributed by atoms with E-state index in [9.17, 15) is 4.79 Å². The average molecular weight is 324 g/mol. The second-order valence-electron chi connectivity index (χ2n) is 5.28. The number of rotatable bonds is 5. The van der Waals surface area contributed by atoms with Crippen molar-refractivity contribution in [3.8, 4) is 0 Å². The molecule has 1 aromatic heterocycles. The Morgan fingerprint density at radius 2 is 2.00 bits per heavy atom. The molecule has 0 aliphatic carbocycles. The number of hydrogen-bond acceptors (Lipinski definition) is 4. The molecule has 0 saturated carbocycles. The molecule has 0 spiro atoms. The standard InChI is InChI=1S/C16H18ClNO2S/c1-4-20-15(19)16(2,3)13-10-21-14(18-13)9-11-5-7-12(17)8-6-11/h5-8,10H,4,9H2,1-3H3. The van der Waals surface area contributed by atoms with Gasteiger partial charge in [0.1, 0.15) is 5.41 Å². The van der Waals surface area contributed by atoms with Crippen molar-refractivity contribution in [2.75, 3.05) is 6.61 Å². The van der Waals surface area contributed by atoms with Crippen molar-refractivity contribution in [1.29, 1.82) is 0 Å². The largest absolute Gasteiger partial charge is 0.465 e. The van der Waals surface area contributed by atoms with E-state index < -0.39 is 5.41 Å². The number of carbonyl (C=O) groups excluding carboxylic acids is 1. The summed E-state index contributed by atoms with van der Waals surface area (Å²) in [5, 5.41) is 3.63. The molecule has 0 aliphatic rings. The van der Waals surface area contributed by atoms with Gasteiger partial charge in [-0.25, -0.2) is 4.98 Å². The number of esters is 1. The van der Waals surface area contributed by atoms with Crippen molar-refractivity contribution >= 4 is 28.9 Å². The van der Waals surface area contributed by atoms with Crippen LogP contribution in [0.2, 0.25) is 5.02 Å². The highest BCUT2D eigenvalue weighted by atomic mass is 35.5. The second kappa shape index (κ2) is 6.58. The maximum Gasteiger partial charge on any atom is 0.317 e. The minimum absolute atomic E-state index is 0.242. The van der Waals surface area contributed by atoms with Crippen LogP contribution >= 0.6 is 22.9 Å². The van der Waals surface area contributed by atoms with Gasteiger partial charge < -0.3 is 4.74 Å². The smallest absolute Gasteiger partial charge is 0.317 e. The number of nitrogens with zero attached hydrogens (tertiary/aromatic N) is 1. The molecule has 0 aliphatic heterocycles. The van der Waals surface area contributed by atoms with Crippen molar-refractivity contribution in [1.82, 2.24) is 4.98 Å². The second-order valence-corrected chi connectivity index (χ2v) is 6.65. The molecule has 0 amide bonds. The molecule has 0 atom stereocenters. The summed E-state index contributed by atoms with van der Waals surface area (Å²) < 4.78 is 5.11. The van der Waals surface area contributed by atoms with E-state index in [1.165, 1.54) is 0 Å². The summed E-state index contributed by atoms with van der Waals surface area (Å²) in [7, 11) is 0. The fourth-order valence-electron chi connectivity index (χ4n) is 1.87. The van der Waals surface area contributed by atoms with E-state index in [0.29, 0.717) is 6.61 Å². The van der Waals surface area contributed by atoms with Crippen molar-refractivity contribution < 1.29 is 9.53 Å². The van der Waals surface area contributed by atoms with Crippen molar-refractivity contribution in [3.05, 3.63) is 50.9 Å². The number of thiazole rings is 1. The monoisotopic (exact) mass is 323 g/mol. The molecule has 1 heterocycles. The lowest BCUT2D eigenvalue weighted by Gasteiger charge is -2.19. The fourth-order valence-corrected chi connectivity index (χ4v) is 2.99. The molecule has 0 bridgehead atoms. The molecule has 1 aromatic carbocycles. The highest BCUT2D eigenvalue weighted by Gasteiger charge is 2.33. The maximum atomic E-state index is 12.0. The number of benzene rings is 1. The Bertz CT molecular complexity index is 619. The van der Waals surface area contributed by atoms with Gasteiger partial charge in [0.05, 0.1) is 17.3 Å². The van der Waals surface area contributed by atoms with E-state index in [-0.39, 0.29) is 5.97 Å². The summed E-state index contributed by atoms with van der Waals surface area (Å²) in [5.74, 6) is -0.242. The molecule has 0 N–H and O–H groups in total. The molecular weight excluding hydrogens is 306 g/mol. The van der Waals surface area contributed by atoms with E-state index in [2.05, 4.69) is 4.98 Å². The van der Waals surface area contributed by atoms with Gasteiger partial charge in [-0.15, -0.1) is 11.3 Å². The number of hydrogen-bond donors (Lipinski definition) is 0. The first kappa shape index (κ1) is 16.0. The quantitative estimate of drug-likeness (QED) is 0.773. The third-order valence-electron chi connectivity index (χ3n) is 3.25. The summed E-state index contributed by atoms with van der Waals surface area (Å²) in [6.07, 6.45) is 0.737. The molecule has 3 nitrogen and oxygen atoms in total. The van der Waals surface area contributed by atoms with Gasteiger partial charge in [-0.2, -0.15) is 0 Å². The highest BCUT2D eigenvalue weighted by molar-refractivity contribution is 7.09. The van der Waals surface area contributed by atoms with Gasteiger partial charge in [-0.1, -0.05) is 23.7 Å². The van der Waals surface area contributed by atoms with Gasteiger partial charge >= 0.3 is 5.97 Å². The first-order valence-corrected chi connectivity index (χ1v) is 8.05. The average Bonchev–Trinajstić information content (AvgIpc) is 2.91. The molecule has 2 aromatic rings. The van der Waals surface area contributed by atoms with Crippen LogP contribution in [0.3, 0.4) is 0 Å². The predicted octanol–water partition coefficient (Wildman–Crippen LogP) is 4.23. The first-order chi connectivity index (χ1) is 9.93. The van der Waals surface area contributed by atoms with Crippen LogP contribution in [0.15, 0.2) is 29.6 Å². The lowest BCUT2D eigenvalue weighted by Crippen LogP contribution is -2.31. The molecule has 5 heteroatoms. The van der Waals surface area contributed by atoms with Crippen LogP contribution in [-0.4, -0.2) is 17.6 Å². The molecule has 2 rings (SSSR count). The van der Waals surface area contributed by atoms with Crippen molar-refractivity contribution in [3.63, 3.8) is 0 Å². The Labute approximate surface area is 133 Å². The number of aromatic nitrogens is 1. The molecule has 112 valence electrons. The van der Waals surface area contributed by atoms with Crippen LogP contribution < -0.4 is 0 Å². The van der Waals surface area contributed by atoms with E-state index in [0.717, 1.165) is 27.7 Å². The van der Waals surface area contributed by atoms with Crippen LogP contribution in [0.25, 0.3) is 0 Å². The summed E-state index contributed by atoms with van der Waals surface area (Å²) in [6.45, 7) is 5.86. The topological polar surface area (TPSA) is 39.2 Å². The van der Waals surface area contributed by atoms with E-state index >= 15 is 0 Å². The van der Waals surface area contributed by atoms with Crippen LogP contribution in [0.5, 0.6) is 0 Å². The van der Waals surface area contributed by atoms with Crippen molar-refractivity contribution in [2.24, 2.45) is 0 Å². The SMILES string of the molecule is CCOC(=O)C(C)(C)c1csc(Cc2ccc(Cl)cc2)n1. The van der Waals surface area contributed by atoms with Gasteiger partial charge in [0.2, 0.25) is 0 Å². The summed E-state index contributed by atoms with van der Waals surface area (Å²) in [5.41, 5.74) is 1.19. The Kier molecular flexibility index (Phi) is 5.01. The zero-order valence-electron chi connectivity index (χ0n) is 12.4. The molecule has 0 saturated heterocycles. The minimum atomic E-state index is -0.718. The van der Waals surface area contributed by atoms with Crippen LogP contribution in [0.4, 0.5) is 0 Å². The Morgan fingerprint density at radius 1 is 1.33 bits per heavy atom. The number of carbonyl (C=O) groups is 1. The summed E-state index contributed by atoms with van der Waals surface area (Å²) >= 11 is 7.44. The number of ether oxygens (including phenoxy) is 1. The van der Waals surface area contributed by atoms with Crippen molar-refractivity contribution in [2.45, 2.75) is 32.6 Å². The highest BCUT2D eigenvalue weighted by Crippen LogP contribution is 2.27. The summed E-state index contributed by atoms with van der Waals surface area (Å²) in [6, 6.07) is 7.71. The maximum absolute atomic E-state index is 12.0. The fraction of sp³-hybridized carbons (Fsp3) is 0.375. The summed E-state index contributed by atoms with van der Waals surface area (Å²) in [4.78, 5) is 16.6. The Balaban J connectivity index is 2.14. The third kappa shape index (κ3) is 3.83. The van der Waals surface area contributed by atoms with Gasteiger partial charge in [-0.05, 0) is 38.5 Å². The van der Waals surface area contributed by atoms with Gasteiger partial charge in [-0.3, -0.25) is 4.79 Å². The molecular formula is C16H18ClNO2S. The first-order valence-electron chi connectivity index (χ1n) is 6.80. The lowest BCUT2D eigenvalue weighted by atomic mass is 9.90. The van der Waals surface area contributed by atoms with Crippen LogP contribution in [0, 0.1) is 0 Å². The van der Waals surface area contributed by atoms with Gasteiger partial charge in [0, 0.05) is 16.8 Å². The molecule has 0 radical (unpaired) electrons. The molecule has 0 fully saturated rings. The zero-order valence-corrected chi connectivity index (χ0v) is 13.9. The van der Waals surface area contributed by atoms with Crippen LogP contribution in [-0.2, 0) is 21.4 Å². The normalized spacial score (nSPS) is 11.4. The number of halogens is 1. The minimum Gasteiger partial charge on any atom is -0.465 e. The van der Waals surface area contributed by atoms with E-state index in [1.807, 2.05) is 43.5 Å². The zero-order chi connectivity index (χ0) is 15.5. The van der Waals surface area contributed by atoms with Crippen LogP contribution in [0.1, 0.15) is 37.0 Å². The van der Waals surface area contributed by atoms with E-state index in [1.54, 1.807) is 18.3 Å². The van der Waals surface area contributed by atoms with Gasteiger partial charge in [0.25, 0.3) is 0 Å². The molecule has 21 heavy (non-hydrogen) atoms. The Morgan fingerprint density at radius 3 is 2.62 bits per heavy atom. The van der Waals surface area contributed by atoms with E-state index in [4.69, 9.17) is 16.3 Å². The Hall–Kier alpha value is -1.39. The van der Waals surface area contributed by atoms with Gasteiger partial charge in [0.15, 0.2) is 0 Å². The lowest BCUT2D eigenvalue weighted by molar-refractivity contribution is -0.148. The molecule has 0 unspecified atom stereocenters.